The number of aromatic nitrogens is 3. The Morgan fingerprint density at radius 1 is 0.800 bits per heavy atom. The molecule has 0 aliphatic rings. The summed E-state index contributed by atoms with van der Waals surface area (Å²) < 4.78 is 12.3. The second-order valence-corrected chi connectivity index (χ2v) is 8.50. The summed E-state index contributed by atoms with van der Waals surface area (Å²) in [5.74, 6) is 0. The molecule has 35 heavy (non-hydrogen) atoms. The molecule has 14 heteroatoms. The van der Waals surface area contributed by atoms with Gasteiger partial charge in [-0.25, -0.2) is 37.7 Å². The van der Waals surface area contributed by atoms with Crippen LogP contribution in [0.1, 0.15) is 40.0 Å². The first kappa shape index (κ1) is 29.9. The van der Waals surface area contributed by atoms with Crippen molar-refractivity contribution < 1.29 is 29.3 Å². The van der Waals surface area contributed by atoms with E-state index >= 15 is 0 Å². The smallest absolute Gasteiger partial charge is 0.407 e. The summed E-state index contributed by atoms with van der Waals surface area (Å²) in [5, 5.41) is 22.0. The van der Waals surface area contributed by atoms with Gasteiger partial charge in [0.15, 0.2) is 0 Å². The molecule has 2 amide bonds. The van der Waals surface area contributed by atoms with Crippen molar-refractivity contribution in [2.75, 3.05) is 39.5 Å². The topological polar surface area (TPSA) is 183 Å². The number of nitrogens with one attached hydrogen (secondary N) is 2. The standard InChI is InChI=1S/C21H37N5O9/c1-4-21(2,3)6-5-9-24-18(31)25(10-14-34-16(29)22-7-12-27)20(33)26(19(24)32)11-15-35-17(30)23-8-13-28/h27-28H,4-15H2,1-3H3,(H,22,29)(H,23,30). The van der Waals surface area contributed by atoms with Gasteiger partial charge >= 0.3 is 29.3 Å². The van der Waals surface area contributed by atoms with E-state index in [0.29, 0.717) is 6.42 Å². The molecule has 0 atom stereocenters. The summed E-state index contributed by atoms with van der Waals surface area (Å²) >= 11 is 0. The third-order valence-corrected chi connectivity index (χ3v) is 5.44. The van der Waals surface area contributed by atoms with E-state index in [4.69, 9.17) is 19.7 Å². The zero-order valence-electron chi connectivity index (χ0n) is 20.6. The number of aliphatic hydroxyl groups excluding tert-OH is 2. The van der Waals surface area contributed by atoms with Crippen molar-refractivity contribution in [1.82, 2.24) is 24.3 Å². The Kier molecular flexibility index (Phi) is 12.8. The lowest BCUT2D eigenvalue weighted by Crippen LogP contribution is -2.55. The summed E-state index contributed by atoms with van der Waals surface area (Å²) in [6.07, 6.45) is 0.525. The summed E-state index contributed by atoms with van der Waals surface area (Å²) in [4.78, 5) is 61.9. The van der Waals surface area contributed by atoms with Crippen molar-refractivity contribution >= 4 is 12.2 Å². The normalized spacial score (nSPS) is 11.2. The van der Waals surface area contributed by atoms with Crippen LogP contribution in [0.2, 0.25) is 0 Å². The van der Waals surface area contributed by atoms with Crippen molar-refractivity contribution in [3.63, 3.8) is 0 Å². The Bertz CT molecular complexity index is 932. The molecule has 0 bridgehead atoms. The van der Waals surface area contributed by atoms with E-state index < -0.39 is 29.3 Å². The van der Waals surface area contributed by atoms with Gasteiger partial charge in [0.1, 0.15) is 13.2 Å². The minimum Gasteiger partial charge on any atom is -0.448 e. The molecule has 0 fully saturated rings. The zero-order valence-corrected chi connectivity index (χ0v) is 20.6. The molecule has 1 rings (SSSR count). The number of hydrogen-bond donors (Lipinski definition) is 4. The summed E-state index contributed by atoms with van der Waals surface area (Å²) in [7, 11) is 0. The van der Waals surface area contributed by atoms with Crippen LogP contribution in [-0.2, 0) is 29.1 Å². The highest BCUT2D eigenvalue weighted by molar-refractivity contribution is 5.67. The van der Waals surface area contributed by atoms with Crippen molar-refractivity contribution in [3.05, 3.63) is 31.5 Å². The summed E-state index contributed by atoms with van der Waals surface area (Å²) in [6.45, 7) is 4.43. The first-order valence-corrected chi connectivity index (χ1v) is 11.6. The van der Waals surface area contributed by atoms with Gasteiger partial charge in [-0.3, -0.25) is 0 Å². The lowest BCUT2D eigenvalue weighted by molar-refractivity contribution is 0.135. The quantitative estimate of drug-likeness (QED) is 0.229. The van der Waals surface area contributed by atoms with Gasteiger partial charge in [-0.2, -0.15) is 0 Å². The Morgan fingerprint density at radius 2 is 1.20 bits per heavy atom. The highest BCUT2D eigenvalue weighted by atomic mass is 16.6. The fourth-order valence-corrected chi connectivity index (χ4v) is 3.03. The van der Waals surface area contributed by atoms with Gasteiger partial charge in [0.2, 0.25) is 0 Å². The first-order chi connectivity index (χ1) is 16.6. The maximum Gasteiger partial charge on any atom is 0.407 e. The minimum atomic E-state index is -0.927. The SMILES string of the molecule is CCC(C)(C)CCCn1c(=O)n(CCOC(=O)NCCO)c(=O)n(CCOC(=O)NCCO)c1=O. The summed E-state index contributed by atoms with van der Waals surface area (Å²) in [6, 6.07) is 0. The summed E-state index contributed by atoms with van der Waals surface area (Å²) in [5.41, 5.74) is -2.57. The zero-order chi connectivity index (χ0) is 26.4. The molecular weight excluding hydrogens is 466 g/mol. The van der Waals surface area contributed by atoms with E-state index in [9.17, 15) is 24.0 Å². The van der Waals surface area contributed by atoms with Gasteiger partial charge < -0.3 is 30.3 Å². The Labute approximate surface area is 202 Å². The molecule has 0 unspecified atom stereocenters. The second kappa shape index (κ2) is 15.0. The average molecular weight is 504 g/mol. The fourth-order valence-electron chi connectivity index (χ4n) is 3.03. The van der Waals surface area contributed by atoms with Crippen molar-refractivity contribution in [3.8, 4) is 0 Å². The van der Waals surface area contributed by atoms with Gasteiger partial charge in [-0.15, -0.1) is 0 Å². The molecule has 1 aromatic rings. The molecule has 0 radical (unpaired) electrons. The van der Waals surface area contributed by atoms with Crippen LogP contribution >= 0.6 is 0 Å². The third-order valence-electron chi connectivity index (χ3n) is 5.44. The van der Waals surface area contributed by atoms with E-state index in [1.54, 1.807) is 0 Å². The molecule has 0 aliphatic carbocycles. The molecular formula is C21H37N5O9. The van der Waals surface area contributed by atoms with Crippen LogP contribution in [0, 0.1) is 5.41 Å². The van der Waals surface area contributed by atoms with Crippen molar-refractivity contribution in [2.24, 2.45) is 5.41 Å². The molecule has 14 nitrogen and oxygen atoms in total. The highest BCUT2D eigenvalue weighted by Gasteiger charge is 2.19. The van der Waals surface area contributed by atoms with E-state index in [-0.39, 0.29) is 64.6 Å². The number of hydrogen-bond acceptors (Lipinski definition) is 9. The van der Waals surface area contributed by atoms with Crippen LogP contribution in [0.4, 0.5) is 9.59 Å². The maximum absolute atomic E-state index is 12.9. The largest absolute Gasteiger partial charge is 0.448 e. The lowest BCUT2D eigenvalue weighted by Gasteiger charge is -2.22. The minimum absolute atomic E-state index is 0.0165. The number of ether oxygens (including phenoxy) is 2. The van der Waals surface area contributed by atoms with Crippen LogP contribution in [0.3, 0.4) is 0 Å². The number of rotatable bonds is 15. The molecule has 1 aromatic heterocycles. The van der Waals surface area contributed by atoms with E-state index in [2.05, 4.69) is 24.5 Å². The van der Waals surface area contributed by atoms with Crippen molar-refractivity contribution in [1.29, 1.82) is 0 Å². The van der Waals surface area contributed by atoms with Crippen LogP contribution in [0.5, 0.6) is 0 Å². The molecule has 200 valence electrons. The Hall–Kier alpha value is -3.13. The van der Waals surface area contributed by atoms with Crippen LogP contribution < -0.4 is 27.7 Å². The maximum atomic E-state index is 12.9. The molecule has 0 aromatic carbocycles. The van der Waals surface area contributed by atoms with Crippen LogP contribution in [-0.4, -0.2) is 75.6 Å². The van der Waals surface area contributed by atoms with Gasteiger partial charge in [0.05, 0.1) is 26.3 Å². The first-order valence-electron chi connectivity index (χ1n) is 11.6. The van der Waals surface area contributed by atoms with Gasteiger partial charge in [-0.1, -0.05) is 27.2 Å². The molecule has 0 aliphatic heterocycles. The average Bonchev–Trinajstić information content (AvgIpc) is 2.82. The third kappa shape index (κ3) is 9.94. The molecule has 0 spiro atoms. The van der Waals surface area contributed by atoms with Gasteiger partial charge in [-0.05, 0) is 18.3 Å². The number of aliphatic hydroxyl groups is 2. The van der Waals surface area contributed by atoms with Crippen molar-refractivity contribution in [2.45, 2.75) is 59.7 Å². The van der Waals surface area contributed by atoms with Crippen LogP contribution in [0.25, 0.3) is 0 Å². The van der Waals surface area contributed by atoms with Crippen LogP contribution in [0.15, 0.2) is 14.4 Å². The van der Waals surface area contributed by atoms with E-state index in [0.717, 1.165) is 26.5 Å². The fraction of sp³-hybridized carbons (Fsp3) is 0.762. The van der Waals surface area contributed by atoms with Gasteiger partial charge in [0, 0.05) is 19.6 Å². The van der Waals surface area contributed by atoms with E-state index in [1.807, 2.05) is 6.92 Å². The number of nitrogens with zero attached hydrogens (tertiary/aromatic N) is 3. The Morgan fingerprint density at radius 3 is 1.57 bits per heavy atom. The number of carbonyl (C=O) groups excluding carboxylic acids is 2. The lowest BCUT2D eigenvalue weighted by atomic mass is 9.85. The predicted octanol–water partition coefficient (Wildman–Crippen LogP) is -1.17. The molecule has 1 heterocycles. The monoisotopic (exact) mass is 503 g/mol. The Balaban J connectivity index is 3.12. The number of amides is 2. The van der Waals surface area contributed by atoms with E-state index in [1.165, 1.54) is 0 Å². The molecule has 4 N–H and O–H groups in total. The second-order valence-electron chi connectivity index (χ2n) is 8.50. The molecule has 0 saturated carbocycles. The number of alkyl carbamates (subject to hydrolysis) is 2. The number of carbonyl (C=O) groups is 2. The highest BCUT2D eigenvalue weighted by Crippen LogP contribution is 2.25. The predicted molar refractivity (Wildman–Crippen MR) is 125 cm³/mol. The molecule has 0 saturated heterocycles. The van der Waals surface area contributed by atoms with Gasteiger partial charge in [0.25, 0.3) is 0 Å².